The van der Waals surface area contributed by atoms with Crippen molar-refractivity contribution in [2.75, 3.05) is 42.4 Å². The molecule has 1 aliphatic rings. The summed E-state index contributed by atoms with van der Waals surface area (Å²) in [6, 6.07) is 0. The van der Waals surface area contributed by atoms with Crippen LogP contribution in [0.2, 0.25) is 0 Å². The molecule has 7 heteroatoms. The molecular formula is C12H23N7. The molecule has 0 amide bonds. The second kappa shape index (κ2) is 6.51. The van der Waals surface area contributed by atoms with E-state index < -0.39 is 0 Å². The highest BCUT2D eigenvalue weighted by atomic mass is 15.4. The third kappa shape index (κ3) is 3.66. The summed E-state index contributed by atoms with van der Waals surface area (Å²) in [6.07, 6.45) is 6.28. The van der Waals surface area contributed by atoms with Crippen molar-refractivity contribution in [3.05, 3.63) is 0 Å². The molecule has 19 heavy (non-hydrogen) atoms. The Balaban J connectivity index is 2.23. The van der Waals surface area contributed by atoms with E-state index in [4.69, 9.17) is 5.84 Å². The fraction of sp³-hybridized carbons (Fsp3) is 0.750. The van der Waals surface area contributed by atoms with Gasteiger partial charge in [-0.3, -0.25) is 5.43 Å². The summed E-state index contributed by atoms with van der Waals surface area (Å²) < 4.78 is 0. The molecular weight excluding hydrogens is 242 g/mol. The van der Waals surface area contributed by atoms with Crippen molar-refractivity contribution in [1.29, 1.82) is 0 Å². The minimum absolute atomic E-state index is 0.413. The number of nitrogens with zero attached hydrogens (tertiary/aromatic N) is 5. The molecule has 2 rings (SSSR count). The Bertz CT molecular complexity index is 399. The summed E-state index contributed by atoms with van der Waals surface area (Å²) in [5, 5.41) is 0. The number of hydrogen-bond acceptors (Lipinski definition) is 7. The second-order valence-electron chi connectivity index (χ2n) is 5.05. The van der Waals surface area contributed by atoms with E-state index in [0.717, 1.165) is 13.1 Å². The molecule has 0 aliphatic carbocycles. The maximum Gasteiger partial charge on any atom is 0.243 e. The van der Waals surface area contributed by atoms with Gasteiger partial charge in [0.25, 0.3) is 0 Å². The smallest absolute Gasteiger partial charge is 0.243 e. The van der Waals surface area contributed by atoms with Gasteiger partial charge >= 0.3 is 0 Å². The molecule has 3 N–H and O–H groups in total. The first kappa shape index (κ1) is 13.8. The molecule has 0 bridgehead atoms. The van der Waals surface area contributed by atoms with E-state index >= 15 is 0 Å². The van der Waals surface area contributed by atoms with Gasteiger partial charge < -0.3 is 9.80 Å². The molecule has 1 saturated heterocycles. The Morgan fingerprint density at radius 2 is 1.63 bits per heavy atom. The number of hydrazine groups is 1. The highest BCUT2D eigenvalue weighted by Crippen LogP contribution is 2.18. The van der Waals surface area contributed by atoms with Crippen molar-refractivity contribution in [2.24, 2.45) is 5.84 Å². The van der Waals surface area contributed by atoms with Crippen LogP contribution in [-0.4, -0.2) is 42.1 Å². The molecule has 0 unspecified atom stereocenters. The maximum absolute atomic E-state index is 5.43. The summed E-state index contributed by atoms with van der Waals surface area (Å²) in [6.45, 7) is 2.00. The van der Waals surface area contributed by atoms with Crippen molar-refractivity contribution in [2.45, 2.75) is 32.1 Å². The van der Waals surface area contributed by atoms with Crippen molar-refractivity contribution >= 4 is 17.8 Å². The lowest BCUT2D eigenvalue weighted by Crippen LogP contribution is -2.30. The van der Waals surface area contributed by atoms with E-state index in [9.17, 15) is 0 Å². The minimum atomic E-state index is 0.413. The standard InChI is InChI=1S/C12H23N7/c1-18(2)11-14-10(17-13)15-12(16-11)19-8-6-4-3-5-7-9-19/h3-9,13H2,1-2H3,(H,14,15,16,17). The predicted molar refractivity (Wildman–Crippen MR) is 77.3 cm³/mol. The van der Waals surface area contributed by atoms with Crippen LogP contribution in [0.3, 0.4) is 0 Å². The van der Waals surface area contributed by atoms with E-state index in [-0.39, 0.29) is 0 Å². The van der Waals surface area contributed by atoms with E-state index in [1.807, 2.05) is 19.0 Å². The molecule has 0 aromatic carbocycles. The highest BCUT2D eigenvalue weighted by Gasteiger charge is 2.15. The first-order valence-corrected chi connectivity index (χ1v) is 6.85. The lowest BCUT2D eigenvalue weighted by molar-refractivity contribution is 0.550. The minimum Gasteiger partial charge on any atom is -0.347 e. The molecule has 106 valence electrons. The first-order valence-electron chi connectivity index (χ1n) is 6.85. The molecule has 0 saturated carbocycles. The largest absolute Gasteiger partial charge is 0.347 e. The van der Waals surface area contributed by atoms with Gasteiger partial charge in [-0.1, -0.05) is 19.3 Å². The van der Waals surface area contributed by atoms with Crippen LogP contribution in [0.5, 0.6) is 0 Å². The predicted octanol–water partition coefficient (Wildman–Crippen LogP) is 0.994. The fourth-order valence-electron chi connectivity index (χ4n) is 2.21. The Hall–Kier alpha value is -1.63. The molecule has 0 radical (unpaired) electrons. The SMILES string of the molecule is CN(C)c1nc(NN)nc(N2CCCCCCC2)n1. The second-order valence-corrected chi connectivity index (χ2v) is 5.05. The zero-order valence-corrected chi connectivity index (χ0v) is 11.8. The van der Waals surface area contributed by atoms with Crippen LogP contribution in [0.25, 0.3) is 0 Å². The van der Waals surface area contributed by atoms with Crippen LogP contribution < -0.4 is 21.1 Å². The average molecular weight is 265 g/mol. The number of anilines is 3. The van der Waals surface area contributed by atoms with Crippen LogP contribution >= 0.6 is 0 Å². The van der Waals surface area contributed by atoms with Crippen molar-refractivity contribution in [3.8, 4) is 0 Å². The zero-order valence-electron chi connectivity index (χ0n) is 11.8. The van der Waals surface area contributed by atoms with Crippen LogP contribution in [0.1, 0.15) is 32.1 Å². The monoisotopic (exact) mass is 265 g/mol. The van der Waals surface area contributed by atoms with Crippen LogP contribution in [0.4, 0.5) is 17.8 Å². The highest BCUT2D eigenvalue weighted by molar-refractivity contribution is 5.44. The molecule has 7 nitrogen and oxygen atoms in total. The van der Waals surface area contributed by atoms with Gasteiger partial charge in [0.05, 0.1) is 0 Å². The Morgan fingerprint density at radius 3 is 2.21 bits per heavy atom. The van der Waals surface area contributed by atoms with Gasteiger partial charge in [-0.15, -0.1) is 0 Å². The average Bonchev–Trinajstić information content (AvgIpc) is 2.37. The topological polar surface area (TPSA) is 83.2 Å². The van der Waals surface area contributed by atoms with Crippen LogP contribution in [-0.2, 0) is 0 Å². The first-order chi connectivity index (χ1) is 9.20. The zero-order chi connectivity index (χ0) is 13.7. The third-order valence-corrected chi connectivity index (χ3v) is 3.28. The van der Waals surface area contributed by atoms with Crippen LogP contribution in [0, 0.1) is 0 Å². The number of hydrogen-bond donors (Lipinski definition) is 2. The number of nitrogens with two attached hydrogens (primary N) is 1. The van der Waals surface area contributed by atoms with Gasteiger partial charge in [0.2, 0.25) is 17.8 Å². The van der Waals surface area contributed by atoms with Crippen molar-refractivity contribution in [3.63, 3.8) is 0 Å². The lowest BCUT2D eigenvalue weighted by Gasteiger charge is -2.25. The van der Waals surface area contributed by atoms with Crippen molar-refractivity contribution in [1.82, 2.24) is 15.0 Å². The van der Waals surface area contributed by atoms with E-state index in [0.29, 0.717) is 17.8 Å². The fourth-order valence-corrected chi connectivity index (χ4v) is 2.21. The molecule has 1 aliphatic heterocycles. The van der Waals surface area contributed by atoms with Gasteiger partial charge in [0.1, 0.15) is 0 Å². The summed E-state index contributed by atoms with van der Waals surface area (Å²) >= 11 is 0. The number of aromatic nitrogens is 3. The number of nitrogens with one attached hydrogen (secondary N) is 1. The van der Waals surface area contributed by atoms with E-state index in [2.05, 4.69) is 25.3 Å². The number of rotatable bonds is 3. The van der Waals surface area contributed by atoms with E-state index in [1.165, 1.54) is 32.1 Å². The summed E-state index contributed by atoms with van der Waals surface area (Å²) in [5.74, 6) is 7.19. The lowest BCUT2D eigenvalue weighted by atomic mass is 10.1. The van der Waals surface area contributed by atoms with Gasteiger partial charge in [-0.25, -0.2) is 5.84 Å². The van der Waals surface area contributed by atoms with Gasteiger partial charge in [-0.05, 0) is 12.8 Å². The Morgan fingerprint density at radius 1 is 1.00 bits per heavy atom. The maximum atomic E-state index is 5.43. The Kier molecular flexibility index (Phi) is 4.73. The van der Waals surface area contributed by atoms with Gasteiger partial charge in [-0.2, -0.15) is 15.0 Å². The van der Waals surface area contributed by atoms with Gasteiger partial charge in [0, 0.05) is 27.2 Å². The summed E-state index contributed by atoms with van der Waals surface area (Å²) in [7, 11) is 3.82. The van der Waals surface area contributed by atoms with E-state index in [1.54, 1.807) is 0 Å². The van der Waals surface area contributed by atoms with Crippen LogP contribution in [0.15, 0.2) is 0 Å². The Labute approximate surface area is 114 Å². The molecule has 1 aromatic rings. The summed E-state index contributed by atoms with van der Waals surface area (Å²) in [5.41, 5.74) is 2.51. The normalized spacial score (nSPS) is 16.7. The van der Waals surface area contributed by atoms with Crippen molar-refractivity contribution < 1.29 is 0 Å². The molecule has 2 heterocycles. The number of nitrogen functional groups attached to an aromatic ring is 1. The summed E-state index contributed by atoms with van der Waals surface area (Å²) in [4.78, 5) is 17.2. The molecule has 1 aromatic heterocycles. The molecule has 1 fully saturated rings. The van der Waals surface area contributed by atoms with Gasteiger partial charge in [0.15, 0.2) is 0 Å². The molecule has 0 atom stereocenters. The third-order valence-electron chi connectivity index (χ3n) is 3.28. The molecule has 0 spiro atoms. The quantitative estimate of drug-likeness (QED) is 0.623.